The molecule has 0 heterocycles. The van der Waals surface area contributed by atoms with Gasteiger partial charge in [0.15, 0.2) is 23.1 Å². The van der Waals surface area contributed by atoms with Gasteiger partial charge in [0.05, 0.1) is 11.6 Å². The Kier molecular flexibility index (Phi) is 4.26. The number of ketones is 1. The predicted molar refractivity (Wildman–Crippen MR) is 60.3 cm³/mol. The van der Waals surface area contributed by atoms with Crippen LogP contribution in [0.3, 0.4) is 0 Å². The van der Waals surface area contributed by atoms with Crippen LogP contribution in [0.5, 0.6) is 11.5 Å². The molecule has 0 aliphatic rings. The molecule has 0 amide bonds. The first kappa shape index (κ1) is 12.9. The highest BCUT2D eigenvalue weighted by molar-refractivity contribution is 9.10. The van der Waals surface area contributed by atoms with E-state index in [1.54, 1.807) is 0 Å². The summed E-state index contributed by atoms with van der Waals surface area (Å²) in [7, 11) is 1.25. The lowest BCUT2D eigenvalue weighted by Gasteiger charge is -2.11. The third-order valence-electron chi connectivity index (χ3n) is 2.01. The highest BCUT2D eigenvalue weighted by Gasteiger charge is 2.23. The van der Waals surface area contributed by atoms with E-state index >= 15 is 0 Å². The van der Waals surface area contributed by atoms with Crippen molar-refractivity contribution < 1.29 is 19.0 Å². The minimum absolute atomic E-state index is 0.00571. The van der Waals surface area contributed by atoms with Crippen molar-refractivity contribution in [2.24, 2.45) is 5.73 Å². The lowest BCUT2D eigenvalue weighted by Crippen LogP contribution is -2.11. The lowest BCUT2D eigenvalue weighted by atomic mass is 10.1. The fraction of sp³-hybridized carbons (Fsp3) is 0.300. The fourth-order valence-electron chi connectivity index (χ4n) is 1.31. The topological polar surface area (TPSA) is 72.5 Å². The van der Waals surface area contributed by atoms with E-state index in [2.05, 4.69) is 15.9 Å². The second kappa shape index (κ2) is 5.27. The van der Waals surface area contributed by atoms with Gasteiger partial charge in [0, 0.05) is 12.5 Å². The molecule has 0 saturated carbocycles. The molecule has 16 heavy (non-hydrogen) atoms. The molecule has 0 aliphatic heterocycles. The molecule has 1 aromatic carbocycles. The van der Waals surface area contributed by atoms with Gasteiger partial charge in [0.1, 0.15) is 5.56 Å². The van der Waals surface area contributed by atoms with Crippen molar-refractivity contribution in [3.8, 4) is 11.5 Å². The molecule has 0 spiro atoms. The molecule has 1 aromatic rings. The third-order valence-corrected chi connectivity index (χ3v) is 2.58. The van der Waals surface area contributed by atoms with Crippen LogP contribution in [0.4, 0.5) is 4.39 Å². The quantitative estimate of drug-likeness (QED) is 0.830. The SMILES string of the molecule is COc1c(O)cc(Br)c(F)c1C(=O)CCN. The van der Waals surface area contributed by atoms with E-state index < -0.39 is 11.6 Å². The van der Waals surface area contributed by atoms with Crippen molar-refractivity contribution in [3.63, 3.8) is 0 Å². The van der Waals surface area contributed by atoms with Crippen LogP contribution in [-0.4, -0.2) is 24.5 Å². The standard InChI is InChI=1S/C10H11BrFNO3/c1-16-10-7(15)4-5(11)9(12)8(10)6(14)2-3-13/h4,15H,2-3,13H2,1H3. The molecule has 0 saturated heterocycles. The monoisotopic (exact) mass is 291 g/mol. The molecule has 3 N–H and O–H groups in total. The summed E-state index contributed by atoms with van der Waals surface area (Å²) in [5.74, 6) is -1.73. The van der Waals surface area contributed by atoms with Gasteiger partial charge >= 0.3 is 0 Å². The first-order valence-electron chi connectivity index (χ1n) is 4.51. The lowest BCUT2D eigenvalue weighted by molar-refractivity contribution is 0.0977. The molecule has 0 unspecified atom stereocenters. The Morgan fingerprint density at radius 3 is 2.81 bits per heavy atom. The van der Waals surface area contributed by atoms with Crippen LogP contribution >= 0.6 is 15.9 Å². The van der Waals surface area contributed by atoms with Crippen molar-refractivity contribution in [2.45, 2.75) is 6.42 Å². The highest BCUT2D eigenvalue weighted by Crippen LogP contribution is 2.37. The predicted octanol–water partition coefficient (Wildman–Crippen LogP) is 1.83. The summed E-state index contributed by atoms with van der Waals surface area (Å²) in [6, 6.07) is 1.13. The van der Waals surface area contributed by atoms with Crippen molar-refractivity contribution in [2.75, 3.05) is 13.7 Å². The number of carbonyl (C=O) groups excluding carboxylic acids is 1. The summed E-state index contributed by atoms with van der Waals surface area (Å²) in [4.78, 5) is 11.6. The van der Waals surface area contributed by atoms with Crippen molar-refractivity contribution in [3.05, 3.63) is 21.9 Å². The van der Waals surface area contributed by atoms with Gasteiger partial charge in [0.2, 0.25) is 0 Å². The van der Waals surface area contributed by atoms with Crippen LogP contribution in [0.25, 0.3) is 0 Å². The van der Waals surface area contributed by atoms with Gasteiger partial charge in [-0.1, -0.05) is 0 Å². The van der Waals surface area contributed by atoms with Crippen LogP contribution in [0.15, 0.2) is 10.5 Å². The number of hydrogen-bond acceptors (Lipinski definition) is 4. The number of methoxy groups -OCH3 is 1. The molecule has 6 heteroatoms. The maximum Gasteiger partial charge on any atom is 0.174 e. The number of phenolic OH excluding ortho intramolecular Hbond substituents is 1. The average molecular weight is 292 g/mol. The zero-order valence-corrected chi connectivity index (χ0v) is 10.2. The molecule has 1 rings (SSSR count). The molecule has 0 radical (unpaired) electrons. The normalized spacial score (nSPS) is 10.2. The number of rotatable bonds is 4. The Balaban J connectivity index is 3.38. The second-order valence-electron chi connectivity index (χ2n) is 3.06. The molecule has 0 aliphatic carbocycles. The molecule has 0 bridgehead atoms. The highest BCUT2D eigenvalue weighted by atomic mass is 79.9. The molecule has 4 nitrogen and oxygen atoms in total. The number of nitrogens with two attached hydrogens (primary N) is 1. The summed E-state index contributed by atoms with van der Waals surface area (Å²) in [5, 5.41) is 9.51. The number of aromatic hydroxyl groups is 1. The van der Waals surface area contributed by atoms with E-state index in [0.717, 1.165) is 6.07 Å². The molecule has 88 valence electrons. The van der Waals surface area contributed by atoms with Gasteiger partial charge in [0.25, 0.3) is 0 Å². The smallest absolute Gasteiger partial charge is 0.174 e. The number of ether oxygens (including phenoxy) is 1. The Morgan fingerprint density at radius 1 is 1.69 bits per heavy atom. The van der Waals surface area contributed by atoms with E-state index in [4.69, 9.17) is 10.5 Å². The number of hydrogen-bond donors (Lipinski definition) is 2. The van der Waals surface area contributed by atoms with Gasteiger partial charge in [-0.3, -0.25) is 4.79 Å². The average Bonchev–Trinajstić information content (AvgIpc) is 2.23. The molecular formula is C10H11BrFNO3. The summed E-state index contributed by atoms with van der Waals surface area (Å²) in [6.07, 6.45) is -0.0107. The number of benzene rings is 1. The molecule has 0 aromatic heterocycles. The zero-order valence-electron chi connectivity index (χ0n) is 8.59. The Labute approximate surface area is 100 Å². The molecule has 0 atom stereocenters. The minimum Gasteiger partial charge on any atom is -0.504 e. The van der Waals surface area contributed by atoms with Crippen LogP contribution < -0.4 is 10.5 Å². The Bertz CT molecular complexity index is 423. The maximum absolute atomic E-state index is 13.7. The molecular weight excluding hydrogens is 281 g/mol. The number of Topliss-reactive ketones (excluding diaryl/α,β-unsaturated/α-hetero) is 1. The summed E-state index contributed by atoms with van der Waals surface area (Å²) in [5.41, 5.74) is 4.95. The summed E-state index contributed by atoms with van der Waals surface area (Å²) >= 11 is 2.91. The first-order valence-corrected chi connectivity index (χ1v) is 5.30. The van der Waals surface area contributed by atoms with E-state index in [-0.39, 0.29) is 34.5 Å². The van der Waals surface area contributed by atoms with Gasteiger partial charge in [-0.25, -0.2) is 4.39 Å². The minimum atomic E-state index is -0.756. The van der Waals surface area contributed by atoms with E-state index in [9.17, 15) is 14.3 Å². The largest absolute Gasteiger partial charge is 0.504 e. The number of phenols is 1. The molecule has 0 fully saturated rings. The van der Waals surface area contributed by atoms with Gasteiger partial charge in [-0.15, -0.1) is 0 Å². The van der Waals surface area contributed by atoms with Crippen molar-refractivity contribution in [1.29, 1.82) is 0 Å². The zero-order chi connectivity index (χ0) is 12.3. The maximum atomic E-state index is 13.7. The third kappa shape index (κ3) is 2.33. The van der Waals surface area contributed by atoms with Gasteiger partial charge in [-0.2, -0.15) is 0 Å². The first-order chi connectivity index (χ1) is 7.52. The Morgan fingerprint density at radius 2 is 2.31 bits per heavy atom. The van der Waals surface area contributed by atoms with Crippen LogP contribution in [0.1, 0.15) is 16.8 Å². The summed E-state index contributed by atoms with van der Waals surface area (Å²) < 4.78 is 18.5. The van der Waals surface area contributed by atoms with E-state index in [0.29, 0.717) is 0 Å². The van der Waals surface area contributed by atoms with Crippen LogP contribution in [0.2, 0.25) is 0 Å². The van der Waals surface area contributed by atoms with Crippen molar-refractivity contribution in [1.82, 2.24) is 0 Å². The number of carbonyl (C=O) groups is 1. The van der Waals surface area contributed by atoms with Gasteiger partial charge < -0.3 is 15.6 Å². The van der Waals surface area contributed by atoms with Gasteiger partial charge in [-0.05, 0) is 22.5 Å². The second-order valence-corrected chi connectivity index (χ2v) is 3.92. The fourth-order valence-corrected chi connectivity index (χ4v) is 1.72. The van der Waals surface area contributed by atoms with E-state index in [1.165, 1.54) is 7.11 Å². The number of halogens is 2. The van der Waals surface area contributed by atoms with Crippen LogP contribution in [0, 0.1) is 5.82 Å². The van der Waals surface area contributed by atoms with Crippen molar-refractivity contribution >= 4 is 21.7 Å². The Hall–Kier alpha value is -1.14. The van der Waals surface area contributed by atoms with E-state index in [1.807, 2.05) is 0 Å². The summed E-state index contributed by atoms with van der Waals surface area (Å²) in [6.45, 7) is 0.106. The van der Waals surface area contributed by atoms with Crippen LogP contribution in [-0.2, 0) is 0 Å².